The summed E-state index contributed by atoms with van der Waals surface area (Å²) < 4.78 is 13.9. The fraction of sp³-hybridized carbons (Fsp3) is 0.250. The van der Waals surface area contributed by atoms with Gasteiger partial charge in [-0.2, -0.15) is 0 Å². The normalized spacial score (nSPS) is 11.1. The van der Waals surface area contributed by atoms with E-state index in [-0.39, 0.29) is 5.82 Å². The Morgan fingerprint density at radius 1 is 1.53 bits per heavy atom. The van der Waals surface area contributed by atoms with Gasteiger partial charge in [-0.3, -0.25) is 4.99 Å². The molecule has 5 heteroatoms. The van der Waals surface area contributed by atoms with Crippen LogP contribution in [0.2, 0.25) is 0 Å². The van der Waals surface area contributed by atoms with Gasteiger partial charge in [0.05, 0.1) is 0 Å². The first kappa shape index (κ1) is 13.7. The molecule has 0 radical (unpaired) electrons. The maximum atomic E-state index is 13.0. The SMILES string of the molecule is C=CCNC(=NC)NCc1cc(F)ccc1Br. The van der Waals surface area contributed by atoms with Crippen molar-refractivity contribution in [1.82, 2.24) is 10.6 Å². The number of nitrogens with one attached hydrogen (secondary N) is 2. The summed E-state index contributed by atoms with van der Waals surface area (Å²) in [5, 5.41) is 6.12. The van der Waals surface area contributed by atoms with Gasteiger partial charge in [0.2, 0.25) is 0 Å². The van der Waals surface area contributed by atoms with E-state index in [0.29, 0.717) is 19.0 Å². The Balaban J connectivity index is 2.59. The van der Waals surface area contributed by atoms with Gasteiger partial charge in [-0.1, -0.05) is 22.0 Å². The molecule has 0 aliphatic heterocycles. The second kappa shape index (κ2) is 7.06. The van der Waals surface area contributed by atoms with Gasteiger partial charge in [0, 0.05) is 24.6 Å². The van der Waals surface area contributed by atoms with Crippen molar-refractivity contribution < 1.29 is 4.39 Å². The molecule has 3 nitrogen and oxygen atoms in total. The second-order valence-electron chi connectivity index (χ2n) is 3.33. The lowest BCUT2D eigenvalue weighted by molar-refractivity contribution is 0.624. The van der Waals surface area contributed by atoms with E-state index < -0.39 is 0 Å². The Morgan fingerprint density at radius 2 is 2.29 bits per heavy atom. The third kappa shape index (κ3) is 4.56. The number of rotatable bonds is 4. The van der Waals surface area contributed by atoms with Gasteiger partial charge < -0.3 is 10.6 Å². The average molecular weight is 300 g/mol. The Labute approximate surface area is 109 Å². The number of nitrogens with zero attached hydrogens (tertiary/aromatic N) is 1. The van der Waals surface area contributed by atoms with Gasteiger partial charge in [0.25, 0.3) is 0 Å². The highest BCUT2D eigenvalue weighted by atomic mass is 79.9. The summed E-state index contributed by atoms with van der Waals surface area (Å²) in [5.41, 5.74) is 0.839. The van der Waals surface area contributed by atoms with Gasteiger partial charge >= 0.3 is 0 Å². The van der Waals surface area contributed by atoms with E-state index in [9.17, 15) is 4.39 Å². The molecule has 0 heterocycles. The summed E-state index contributed by atoms with van der Waals surface area (Å²) in [5.74, 6) is 0.403. The monoisotopic (exact) mass is 299 g/mol. The third-order valence-corrected chi connectivity index (χ3v) is 2.87. The molecule has 0 fully saturated rings. The maximum absolute atomic E-state index is 13.0. The smallest absolute Gasteiger partial charge is 0.191 e. The minimum atomic E-state index is -0.251. The second-order valence-corrected chi connectivity index (χ2v) is 4.19. The molecule has 92 valence electrons. The molecule has 17 heavy (non-hydrogen) atoms. The molecule has 2 N–H and O–H groups in total. The summed E-state index contributed by atoms with van der Waals surface area (Å²) in [6.07, 6.45) is 1.74. The van der Waals surface area contributed by atoms with Crippen LogP contribution in [0.25, 0.3) is 0 Å². The number of hydrogen-bond acceptors (Lipinski definition) is 1. The highest BCUT2D eigenvalue weighted by molar-refractivity contribution is 9.10. The molecule has 0 aromatic heterocycles. The highest BCUT2D eigenvalue weighted by Crippen LogP contribution is 2.17. The summed E-state index contributed by atoms with van der Waals surface area (Å²) >= 11 is 3.37. The predicted molar refractivity (Wildman–Crippen MR) is 72.5 cm³/mol. The van der Waals surface area contributed by atoms with E-state index >= 15 is 0 Å². The molecule has 0 aliphatic rings. The lowest BCUT2D eigenvalue weighted by Crippen LogP contribution is -2.36. The number of hydrogen-bond donors (Lipinski definition) is 2. The first-order chi connectivity index (χ1) is 8.17. The molecule has 1 aromatic carbocycles. The number of halogens is 2. The Bertz CT molecular complexity index is 418. The van der Waals surface area contributed by atoms with Crippen LogP contribution in [0.1, 0.15) is 5.56 Å². The van der Waals surface area contributed by atoms with Gasteiger partial charge in [0.15, 0.2) is 5.96 Å². The third-order valence-electron chi connectivity index (χ3n) is 2.09. The molecule has 0 unspecified atom stereocenters. The van der Waals surface area contributed by atoms with E-state index in [1.165, 1.54) is 12.1 Å². The van der Waals surface area contributed by atoms with E-state index in [2.05, 4.69) is 38.1 Å². The summed E-state index contributed by atoms with van der Waals surface area (Å²) in [6, 6.07) is 4.59. The highest BCUT2D eigenvalue weighted by Gasteiger charge is 2.02. The average Bonchev–Trinajstić information content (AvgIpc) is 2.33. The molecule has 0 spiro atoms. The summed E-state index contributed by atoms with van der Waals surface area (Å²) in [7, 11) is 1.68. The minimum absolute atomic E-state index is 0.251. The van der Waals surface area contributed by atoms with Crippen LogP contribution >= 0.6 is 15.9 Å². The van der Waals surface area contributed by atoms with E-state index in [4.69, 9.17) is 0 Å². The molecule has 0 bridgehead atoms. The molecule has 0 atom stereocenters. The van der Waals surface area contributed by atoms with Crippen molar-refractivity contribution in [2.24, 2.45) is 4.99 Å². The van der Waals surface area contributed by atoms with Crippen LogP contribution in [0.5, 0.6) is 0 Å². The van der Waals surface area contributed by atoms with Crippen molar-refractivity contribution in [3.8, 4) is 0 Å². The number of guanidine groups is 1. The molecule has 0 aliphatic carbocycles. The summed E-state index contributed by atoms with van der Waals surface area (Å²) in [6.45, 7) is 4.73. The zero-order chi connectivity index (χ0) is 12.7. The molecule has 0 saturated heterocycles. The molecule has 1 aromatic rings. The van der Waals surface area contributed by atoms with Crippen LogP contribution < -0.4 is 10.6 Å². The van der Waals surface area contributed by atoms with Crippen molar-refractivity contribution in [2.75, 3.05) is 13.6 Å². The number of benzene rings is 1. The largest absolute Gasteiger partial charge is 0.353 e. The Kier molecular flexibility index (Phi) is 5.69. The van der Waals surface area contributed by atoms with Gasteiger partial charge in [0.1, 0.15) is 5.82 Å². The van der Waals surface area contributed by atoms with Crippen LogP contribution in [0.4, 0.5) is 4.39 Å². The molecular weight excluding hydrogens is 285 g/mol. The molecule has 0 amide bonds. The fourth-order valence-corrected chi connectivity index (χ4v) is 1.63. The van der Waals surface area contributed by atoms with Crippen LogP contribution in [0.15, 0.2) is 40.3 Å². The van der Waals surface area contributed by atoms with Crippen molar-refractivity contribution in [3.05, 3.63) is 46.7 Å². The first-order valence-electron chi connectivity index (χ1n) is 5.16. The van der Waals surface area contributed by atoms with Crippen LogP contribution in [0, 0.1) is 5.82 Å². The van der Waals surface area contributed by atoms with Crippen molar-refractivity contribution in [3.63, 3.8) is 0 Å². The maximum Gasteiger partial charge on any atom is 0.191 e. The van der Waals surface area contributed by atoms with Crippen molar-refractivity contribution >= 4 is 21.9 Å². The minimum Gasteiger partial charge on any atom is -0.353 e. The van der Waals surface area contributed by atoms with E-state index in [0.717, 1.165) is 10.0 Å². The number of aliphatic imine (C=N–C) groups is 1. The molecule has 1 rings (SSSR count). The first-order valence-corrected chi connectivity index (χ1v) is 5.96. The standard InChI is InChI=1S/C12H15BrFN3/c1-3-6-16-12(15-2)17-8-9-7-10(14)4-5-11(9)13/h3-5,7H,1,6,8H2,2H3,(H2,15,16,17). The van der Waals surface area contributed by atoms with Crippen molar-refractivity contribution in [1.29, 1.82) is 0 Å². The van der Waals surface area contributed by atoms with Crippen LogP contribution in [0.3, 0.4) is 0 Å². The topological polar surface area (TPSA) is 36.4 Å². The van der Waals surface area contributed by atoms with Gasteiger partial charge in [-0.05, 0) is 23.8 Å². The zero-order valence-corrected chi connectivity index (χ0v) is 11.2. The Morgan fingerprint density at radius 3 is 2.94 bits per heavy atom. The van der Waals surface area contributed by atoms with E-state index in [1.54, 1.807) is 19.2 Å². The lowest BCUT2D eigenvalue weighted by Gasteiger charge is -2.11. The Hall–Kier alpha value is -1.36. The lowest BCUT2D eigenvalue weighted by atomic mass is 10.2. The quantitative estimate of drug-likeness (QED) is 0.509. The van der Waals surface area contributed by atoms with E-state index in [1.807, 2.05) is 0 Å². The molecular formula is C12H15BrFN3. The summed E-state index contributed by atoms with van der Waals surface area (Å²) in [4.78, 5) is 4.03. The van der Waals surface area contributed by atoms with Crippen LogP contribution in [-0.2, 0) is 6.54 Å². The predicted octanol–water partition coefficient (Wildman–Crippen LogP) is 2.44. The van der Waals surface area contributed by atoms with Crippen molar-refractivity contribution in [2.45, 2.75) is 6.54 Å². The fourth-order valence-electron chi connectivity index (χ4n) is 1.25. The molecule has 0 saturated carbocycles. The van der Waals surface area contributed by atoms with Gasteiger partial charge in [-0.15, -0.1) is 6.58 Å². The van der Waals surface area contributed by atoms with Crippen LogP contribution in [-0.4, -0.2) is 19.6 Å². The van der Waals surface area contributed by atoms with Gasteiger partial charge in [-0.25, -0.2) is 4.39 Å². The zero-order valence-electron chi connectivity index (χ0n) is 9.63.